The lowest BCUT2D eigenvalue weighted by Crippen LogP contribution is -2.46. The molecule has 14 heavy (non-hydrogen) atoms. The van der Waals surface area contributed by atoms with Gasteiger partial charge in [-0.25, -0.2) is 0 Å². The first-order valence-corrected chi connectivity index (χ1v) is 5.31. The van der Waals surface area contributed by atoms with Crippen LogP contribution < -0.4 is 5.32 Å². The lowest BCUT2D eigenvalue weighted by atomic mass is 10.2. The number of rotatable bonds is 4. The Bertz CT molecular complexity index is 207. The summed E-state index contributed by atoms with van der Waals surface area (Å²) in [5, 5.41) is 3.28. The van der Waals surface area contributed by atoms with E-state index in [0.717, 1.165) is 39.3 Å². The van der Waals surface area contributed by atoms with Gasteiger partial charge in [-0.1, -0.05) is 12.8 Å². The minimum absolute atomic E-state index is 0.336. The monoisotopic (exact) mass is 196 g/mol. The first kappa shape index (κ1) is 11.5. The summed E-state index contributed by atoms with van der Waals surface area (Å²) in [7, 11) is 0. The summed E-state index contributed by atoms with van der Waals surface area (Å²) in [5.74, 6) is 5.84. The molecular weight excluding hydrogens is 176 g/mol. The lowest BCUT2D eigenvalue weighted by Gasteiger charge is -2.32. The average Bonchev–Trinajstić information content (AvgIpc) is 2.25. The summed E-state index contributed by atoms with van der Waals surface area (Å²) >= 11 is 0. The zero-order valence-electron chi connectivity index (χ0n) is 9.18. The molecule has 0 saturated carbocycles. The van der Waals surface area contributed by atoms with Crippen molar-refractivity contribution in [3.8, 4) is 11.8 Å². The van der Waals surface area contributed by atoms with Gasteiger partial charge in [0.15, 0.2) is 0 Å². The number of likely N-dealkylation sites (N-methyl/N-ethyl adjacent to an activating group) is 1. The molecule has 1 rings (SSSR count). The van der Waals surface area contributed by atoms with Crippen LogP contribution in [-0.4, -0.2) is 50.3 Å². The van der Waals surface area contributed by atoms with E-state index in [1.807, 2.05) is 6.92 Å². The molecule has 1 fully saturated rings. The van der Waals surface area contributed by atoms with Crippen LogP contribution in [0.3, 0.4) is 0 Å². The molecule has 0 radical (unpaired) electrons. The average molecular weight is 196 g/mol. The van der Waals surface area contributed by atoms with E-state index >= 15 is 0 Å². The predicted octanol–water partition coefficient (Wildman–Crippen LogP) is 0.320. The van der Waals surface area contributed by atoms with Gasteiger partial charge in [0.1, 0.15) is 0 Å². The quantitative estimate of drug-likeness (QED) is 0.518. The van der Waals surface area contributed by atoms with Crippen LogP contribution in [0, 0.1) is 11.8 Å². The summed E-state index contributed by atoms with van der Waals surface area (Å²) < 4.78 is 5.64. The fourth-order valence-electron chi connectivity index (χ4n) is 1.58. The van der Waals surface area contributed by atoms with Crippen LogP contribution in [0.1, 0.15) is 13.8 Å². The van der Waals surface area contributed by atoms with E-state index in [0.29, 0.717) is 6.10 Å². The molecule has 3 nitrogen and oxygen atoms in total. The maximum Gasteiger partial charge on any atom is 0.0827 e. The van der Waals surface area contributed by atoms with Crippen LogP contribution >= 0.6 is 0 Å². The number of ether oxygens (including phenoxy) is 1. The largest absolute Gasteiger partial charge is 0.374 e. The van der Waals surface area contributed by atoms with Crippen molar-refractivity contribution in [2.24, 2.45) is 0 Å². The van der Waals surface area contributed by atoms with E-state index in [2.05, 4.69) is 29.0 Å². The van der Waals surface area contributed by atoms with Gasteiger partial charge in [-0.05, 0) is 13.5 Å². The van der Waals surface area contributed by atoms with Gasteiger partial charge in [0.2, 0.25) is 0 Å². The molecule has 1 unspecified atom stereocenters. The Kier molecular flexibility index (Phi) is 5.62. The van der Waals surface area contributed by atoms with Crippen molar-refractivity contribution in [3.05, 3.63) is 0 Å². The first-order valence-electron chi connectivity index (χ1n) is 5.31. The highest BCUT2D eigenvalue weighted by Gasteiger charge is 2.18. The third-order valence-corrected chi connectivity index (χ3v) is 2.43. The Morgan fingerprint density at radius 2 is 2.43 bits per heavy atom. The van der Waals surface area contributed by atoms with Gasteiger partial charge in [-0.3, -0.25) is 4.90 Å². The minimum atomic E-state index is 0.336. The topological polar surface area (TPSA) is 24.5 Å². The maximum atomic E-state index is 5.64. The van der Waals surface area contributed by atoms with Gasteiger partial charge in [-0.2, -0.15) is 0 Å². The lowest BCUT2D eigenvalue weighted by molar-refractivity contribution is -0.0247. The summed E-state index contributed by atoms with van der Waals surface area (Å²) in [6, 6.07) is 0. The van der Waals surface area contributed by atoms with Crippen molar-refractivity contribution in [2.45, 2.75) is 20.0 Å². The van der Waals surface area contributed by atoms with Crippen LogP contribution in [0.5, 0.6) is 0 Å². The first-order chi connectivity index (χ1) is 6.86. The molecule has 3 heteroatoms. The molecule has 80 valence electrons. The van der Waals surface area contributed by atoms with Crippen molar-refractivity contribution in [1.29, 1.82) is 0 Å². The van der Waals surface area contributed by atoms with Crippen molar-refractivity contribution in [1.82, 2.24) is 10.2 Å². The fourth-order valence-corrected chi connectivity index (χ4v) is 1.58. The van der Waals surface area contributed by atoms with E-state index in [1.165, 1.54) is 0 Å². The van der Waals surface area contributed by atoms with Crippen LogP contribution in [-0.2, 0) is 4.74 Å². The SMILES string of the molecule is CC#CCNCC1CN(CC)CCO1. The maximum absolute atomic E-state index is 5.64. The second kappa shape index (κ2) is 6.83. The van der Waals surface area contributed by atoms with Crippen molar-refractivity contribution in [2.75, 3.05) is 39.3 Å². The number of nitrogens with one attached hydrogen (secondary N) is 1. The molecule has 0 amide bonds. The molecule has 1 N–H and O–H groups in total. The third-order valence-electron chi connectivity index (χ3n) is 2.43. The summed E-state index contributed by atoms with van der Waals surface area (Å²) in [5.41, 5.74) is 0. The molecule has 0 bridgehead atoms. The highest BCUT2D eigenvalue weighted by Crippen LogP contribution is 2.03. The van der Waals surface area contributed by atoms with Gasteiger partial charge in [0.25, 0.3) is 0 Å². The molecule has 0 aromatic carbocycles. The molecule has 1 aliphatic heterocycles. The van der Waals surface area contributed by atoms with E-state index in [-0.39, 0.29) is 0 Å². The zero-order valence-corrected chi connectivity index (χ0v) is 9.18. The normalized spacial score (nSPS) is 22.9. The van der Waals surface area contributed by atoms with E-state index in [1.54, 1.807) is 0 Å². The Hall–Kier alpha value is -0.560. The van der Waals surface area contributed by atoms with Crippen molar-refractivity contribution in [3.63, 3.8) is 0 Å². The predicted molar refractivity (Wildman–Crippen MR) is 58.2 cm³/mol. The third kappa shape index (κ3) is 4.10. The summed E-state index contributed by atoms with van der Waals surface area (Å²) in [6.45, 7) is 9.82. The smallest absolute Gasteiger partial charge is 0.0827 e. The molecule has 0 aliphatic carbocycles. The number of hydrogen-bond donors (Lipinski definition) is 1. The molecular formula is C11H20N2O. The van der Waals surface area contributed by atoms with Crippen molar-refractivity contribution < 1.29 is 4.74 Å². The van der Waals surface area contributed by atoms with Crippen LogP contribution in [0.15, 0.2) is 0 Å². The molecule has 1 atom stereocenters. The standard InChI is InChI=1S/C11H20N2O/c1-3-5-6-12-9-11-10-13(4-2)7-8-14-11/h11-12H,4,6-10H2,1-2H3. The molecule has 1 aliphatic rings. The molecule has 0 spiro atoms. The second-order valence-electron chi connectivity index (χ2n) is 3.44. The number of morpholine rings is 1. The van der Waals surface area contributed by atoms with E-state index < -0.39 is 0 Å². The van der Waals surface area contributed by atoms with Gasteiger partial charge >= 0.3 is 0 Å². The summed E-state index contributed by atoms with van der Waals surface area (Å²) in [4.78, 5) is 2.42. The van der Waals surface area contributed by atoms with Gasteiger partial charge in [-0.15, -0.1) is 5.92 Å². The highest BCUT2D eigenvalue weighted by molar-refractivity contribution is 4.97. The zero-order chi connectivity index (χ0) is 10.2. The number of nitrogens with zero attached hydrogens (tertiary/aromatic N) is 1. The van der Waals surface area contributed by atoms with Gasteiger partial charge in [0, 0.05) is 19.6 Å². The number of hydrogen-bond acceptors (Lipinski definition) is 3. The Labute approximate surface area is 86.8 Å². The Morgan fingerprint density at radius 3 is 3.14 bits per heavy atom. The minimum Gasteiger partial charge on any atom is -0.374 e. The second-order valence-corrected chi connectivity index (χ2v) is 3.44. The van der Waals surface area contributed by atoms with E-state index in [4.69, 9.17) is 4.74 Å². The highest BCUT2D eigenvalue weighted by atomic mass is 16.5. The molecule has 1 saturated heterocycles. The van der Waals surface area contributed by atoms with Crippen LogP contribution in [0.25, 0.3) is 0 Å². The van der Waals surface area contributed by atoms with Crippen molar-refractivity contribution >= 4 is 0 Å². The Morgan fingerprint density at radius 1 is 1.57 bits per heavy atom. The Balaban J connectivity index is 2.13. The van der Waals surface area contributed by atoms with Crippen LogP contribution in [0.2, 0.25) is 0 Å². The molecule has 0 aromatic rings. The molecule has 0 aromatic heterocycles. The fraction of sp³-hybridized carbons (Fsp3) is 0.818. The van der Waals surface area contributed by atoms with E-state index in [9.17, 15) is 0 Å². The summed E-state index contributed by atoms with van der Waals surface area (Å²) in [6.07, 6.45) is 0.336. The van der Waals surface area contributed by atoms with Crippen LogP contribution in [0.4, 0.5) is 0 Å². The van der Waals surface area contributed by atoms with Gasteiger partial charge < -0.3 is 10.1 Å². The molecule has 1 heterocycles. The van der Waals surface area contributed by atoms with Gasteiger partial charge in [0.05, 0.1) is 19.3 Å².